The molecule has 0 aromatic carbocycles. The van der Waals surface area contributed by atoms with Crippen LogP contribution in [0.1, 0.15) is 25.0 Å². The second-order valence-electron chi connectivity index (χ2n) is 4.91. The Morgan fingerprint density at radius 3 is 1.79 bits per heavy atom. The molecule has 7 heteroatoms. The van der Waals surface area contributed by atoms with Crippen LogP contribution in [0.4, 0.5) is 4.79 Å². The highest BCUT2D eigenvalue weighted by Crippen LogP contribution is 2.10. The van der Waals surface area contributed by atoms with Gasteiger partial charge < -0.3 is 20.1 Å². The SMILES string of the molecule is CCOc1cc(CNC(=O)NCc2ccnc(OCC)c2)ccn1. The van der Waals surface area contributed by atoms with E-state index in [4.69, 9.17) is 9.47 Å². The molecule has 24 heavy (non-hydrogen) atoms. The smallest absolute Gasteiger partial charge is 0.315 e. The van der Waals surface area contributed by atoms with Crippen molar-refractivity contribution in [1.82, 2.24) is 20.6 Å². The summed E-state index contributed by atoms with van der Waals surface area (Å²) >= 11 is 0. The number of nitrogens with one attached hydrogen (secondary N) is 2. The van der Waals surface area contributed by atoms with E-state index in [0.29, 0.717) is 38.1 Å². The predicted octanol–water partition coefficient (Wildman–Crippen LogP) is 2.27. The van der Waals surface area contributed by atoms with Gasteiger partial charge in [0.15, 0.2) is 0 Å². The van der Waals surface area contributed by atoms with Crippen LogP contribution >= 0.6 is 0 Å². The average molecular weight is 330 g/mol. The molecule has 2 N–H and O–H groups in total. The molecule has 0 unspecified atom stereocenters. The summed E-state index contributed by atoms with van der Waals surface area (Å²) in [6, 6.07) is 7.03. The van der Waals surface area contributed by atoms with Crippen LogP contribution in [-0.4, -0.2) is 29.2 Å². The van der Waals surface area contributed by atoms with Crippen molar-refractivity contribution in [2.45, 2.75) is 26.9 Å². The van der Waals surface area contributed by atoms with Gasteiger partial charge in [-0.25, -0.2) is 14.8 Å². The van der Waals surface area contributed by atoms with E-state index < -0.39 is 0 Å². The first-order valence-electron chi connectivity index (χ1n) is 7.88. The highest BCUT2D eigenvalue weighted by molar-refractivity contribution is 5.73. The summed E-state index contributed by atoms with van der Waals surface area (Å²) in [7, 11) is 0. The van der Waals surface area contributed by atoms with Crippen molar-refractivity contribution in [3.05, 3.63) is 47.8 Å². The molecule has 0 bridgehead atoms. The lowest BCUT2D eigenvalue weighted by molar-refractivity contribution is 0.240. The van der Waals surface area contributed by atoms with Crippen molar-refractivity contribution in [1.29, 1.82) is 0 Å². The summed E-state index contributed by atoms with van der Waals surface area (Å²) < 4.78 is 10.7. The van der Waals surface area contributed by atoms with Crippen molar-refractivity contribution >= 4 is 6.03 Å². The predicted molar refractivity (Wildman–Crippen MR) is 89.9 cm³/mol. The standard InChI is InChI=1S/C17H22N4O3/c1-3-23-15-9-13(5-7-18-15)11-20-17(22)21-12-14-6-8-19-16(10-14)24-4-2/h5-10H,3-4,11-12H2,1-2H3,(H2,20,21,22). The molecule has 0 aliphatic heterocycles. The van der Waals surface area contributed by atoms with E-state index in [0.717, 1.165) is 11.1 Å². The quantitative estimate of drug-likeness (QED) is 0.775. The minimum absolute atomic E-state index is 0.250. The van der Waals surface area contributed by atoms with Crippen LogP contribution in [0.3, 0.4) is 0 Å². The van der Waals surface area contributed by atoms with Gasteiger partial charge in [-0.05, 0) is 37.1 Å². The molecule has 2 aromatic rings. The molecule has 0 saturated heterocycles. The minimum Gasteiger partial charge on any atom is -0.478 e. The molecular weight excluding hydrogens is 308 g/mol. The van der Waals surface area contributed by atoms with Crippen molar-refractivity contribution in [3.63, 3.8) is 0 Å². The highest BCUT2D eigenvalue weighted by Gasteiger charge is 2.04. The van der Waals surface area contributed by atoms with Gasteiger partial charge in [-0.2, -0.15) is 0 Å². The van der Waals surface area contributed by atoms with Gasteiger partial charge in [-0.15, -0.1) is 0 Å². The Hall–Kier alpha value is -2.83. The van der Waals surface area contributed by atoms with E-state index in [1.807, 2.05) is 26.0 Å². The van der Waals surface area contributed by atoms with Gasteiger partial charge in [0.25, 0.3) is 0 Å². The molecular formula is C17H22N4O3. The van der Waals surface area contributed by atoms with Crippen molar-refractivity contribution in [2.24, 2.45) is 0 Å². The Bertz CT molecular complexity index is 608. The molecule has 0 fully saturated rings. The monoisotopic (exact) mass is 330 g/mol. The summed E-state index contributed by atoms with van der Waals surface area (Å²) in [6.07, 6.45) is 3.32. The zero-order valence-corrected chi connectivity index (χ0v) is 13.9. The number of hydrogen-bond donors (Lipinski definition) is 2. The second-order valence-corrected chi connectivity index (χ2v) is 4.91. The van der Waals surface area contributed by atoms with E-state index in [-0.39, 0.29) is 6.03 Å². The van der Waals surface area contributed by atoms with Crippen LogP contribution in [-0.2, 0) is 13.1 Å². The van der Waals surface area contributed by atoms with E-state index in [1.165, 1.54) is 0 Å². The molecule has 0 aliphatic carbocycles. The van der Waals surface area contributed by atoms with Crippen molar-refractivity contribution in [2.75, 3.05) is 13.2 Å². The fourth-order valence-electron chi connectivity index (χ4n) is 2.00. The van der Waals surface area contributed by atoms with Crippen LogP contribution in [0.2, 0.25) is 0 Å². The van der Waals surface area contributed by atoms with Gasteiger partial charge in [-0.1, -0.05) is 0 Å². The third-order valence-electron chi connectivity index (χ3n) is 3.09. The second kappa shape index (κ2) is 9.34. The van der Waals surface area contributed by atoms with Gasteiger partial charge in [0.05, 0.1) is 13.2 Å². The maximum Gasteiger partial charge on any atom is 0.315 e. The van der Waals surface area contributed by atoms with Crippen LogP contribution in [0, 0.1) is 0 Å². The van der Waals surface area contributed by atoms with E-state index in [1.54, 1.807) is 24.5 Å². The first kappa shape index (κ1) is 17.5. The van der Waals surface area contributed by atoms with Gasteiger partial charge in [-0.3, -0.25) is 0 Å². The number of carbonyl (C=O) groups is 1. The Balaban J connectivity index is 1.79. The van der Waals surface area contributed by atoms with E-state index >= 15 is 0 Å². The Morgan fingerprint density at radius 1 is 0.917 bits per heavy atom. The van der Waals surface area contributed by atoms with E-state index in [9.17, 15) is 4.79 Å². The Kier molecular flexibility index (Phi) is 6.82. The third kappa shape index (κ3) is 5.75. The zero-order valence-electron chi connectivity index (χ0n) is 13.9. The number of rotatable bonds is 8. The summed E-state index contributed by atoms with van der Waals surface area (Å²) in [5, 5.41) is 5.60. The number of urea groups is 1. The fraction of sp³-hybridized carbons (Fsp3) is 0.353. The maximum absolute atomic E-state index is 11.9. The molecule has 0 spiro atoms. The first-order chi connectivity index (χ1) is 11.7. The third-order valence-corrected chi connectivity index (χ3v) is 3.09. The molecule has 0 saturated carbocycles. The number of ether oxygens (including phenoxy) is 2. The number of amides is 2. The number of hydrogen-bond acceptors (Lipinski definition) is 5. The Labute approximate surface area is 141 Å². The van der Waals surface area contributed by atoms with Crippen LogP contribution in [0.5, 0.6) is 11.8 Å². The molecule has 2 rings (SSSR count). The van der Waals surface area contributed by atoms with Crippen LogP contribution in [0.15, 0.2) is 36.7 Å². The number of nitrogens with zero attached hydrogens (tertiary/aromatic N) is 2. The van der Waals surface area contributed by atoms with Crippen molar-refractivity contribution < 1.29 is 14.3 Å². The lowest BCUT2D eigenvalue weighted by Crippen LogP contribution is -2.34. The summed E-state index contributed by atoms with van der Waals surface area (Å²) in [5.41, 5.74) is 1.84. The Morgan fingerprint density at radius 2 is 1.38 bits per heavy atom. The lowest BCUT2D eigenvalue weighted by Gasteiger charge is -2.09. The average Bonchev–Trinajstić information content (AvgIpc) is 2.59. The summed E-state index contributed by atoms with van der Waals surface area (Å²) in [6.45, 7) is 5.70. The number of pyridine rings is 2. The van der Waals surface area contributed by atoms with Gasteiger partial charge in [0, 0.05) is 37.6 Å². The normalized spacial score (nSPS) is 10.1. The van der Waals surface area contributed by atoms with Crippen LogP contribution < -0.4 is 20.1 Å². The zero-order chi connectivity index (χ0) is 17.2. The fourth-order valence-corrected chi connectivity index (χ4v) is 2.00. The van der Waals surface area contributed by atoms with Crippen molar-refractivity contribution in [3.8, 4) is 11.8 Å². The molecule has 128 valence electrons. The molecule has 7 nitrogen and oxygen atoms in total. The van der Waals surface area contributed by atoms with E-state index in [2.05, 4.69) is 20.6 Å². The minimum atomic E-state index is -0.250. The summed E-state index contributed by atoms with van der Waals surface area (Å²) in [4.78, 5) is 20.1. The molecule has 0 aliphatic rings. The van der Waals surface area contributed by atoms with Gasteiger partial charge >= 0.3 is 6.03 Å². The largest absolute Gasteiger partial charge is 0.478 e. The molecule has 2 amide bonds. The molecule has 2 heterocycles. The van der Waals surface area contributed by atoms with Crippen LogP contribution in [0.25, 0.3) is 0 Å². The highest BCUT2D eigenvalue weighted by atomic mass is 16.5. The van der Waals surface area contributed by atoms with Gasteiger partial charge in [0.1, 0.15) is 0 Å². The molecule has 2 aromatic heterocycles. The number of aromatic nitrogens is 2. The number of carbonyl (C=O) groups excluding carboxylic acids is 1. The lowest BCUT2D eigenvalue weighted by atomic mass is 10.2. The topological polar surface area (TPSA) is 85.4 Å². The molecule has 0 radical (unpaired) electrons. The summed E-state index contributed by atoms with van der Waals surface area (Å²) in [5.74, 6) is 1.11. The van der Waals surface area contributed by atoms with Gasteiger partial charge in [0.2, 0.25) is 11.8 Å². The first-order valence-corrected chi connectivity index (χ1v) is 7.88. The molecule has 0 atom stereocenters. The maximum atomic E-state index is 11.9.